The molecule has 2 rings (SSSR count). The quantitative estimate of drug-likeness (QED) is 0.852. The van der Waals surface area contributed by atoms with Gasteiger partial charge in [0.25, 0.3) is 0 Å². The van der Waals surface area contributed by atoms with Crippen LogP contribution in [-0.4, -0.2) is 4.98 Å². The minimum atomic E-state index is -0.301. The van der Waals surface area contributed by atoms with Crippen LogP contribution >= 0.6 is 25.3 Å². The molecule has 0 aliphatic heterocycles. The third-order valence-electron chi connectivity index (χ3n) is 2.16. The molecule has 1 heterocycles. The maximum absolute atomic E-state index is 13.3. The zero-order valence-corrected chi connectivity index (χ0v) is 11.0. The smallest absolute Gasteiger partial charge is 0.139 e. The highest BCUT2D eigenvalue weighted by molar-refractivity contribution is 9.10. The Kier molecular flexibility index (Phi) is 3.52. The first kappa shape index (κ1) is 11.5. The van der Waals surface area contributed by atoms with Crippen molar-refractivity contribution < 1.29 is 4.39 Å². The summed E-state index contributed by atoms with van der Waals surface area (Å²) in [5.74, 6) is -0.301. The summed E-state index contributed by atoms with van der Waals surface area (Å²) in [6, 6.07) is 8.76. The Bertz CT molecular complexity index is 505. The molecule has 82 valence electrons. The summed E-state index contributed by atoms with van der Waals surface area (Å²) in [6.07, 6.45) is 1.71. The number of hydrogen-bond donors (Lipinski definition) is 1. The SMILES string of the molecule is Fc1cc(NP)c(-c2ccccn2)cc1Br. The molecule has 1 aromatic heterocycles. The second-order valence-corrected chi connectivity index (χ2v) is 4.31. The topological polar surface area (TPSA) is 24.9 Å². The minimum absolute atomic E-state index is 0.301. The van der Waals surface area contributed by atoms with Crippen LogP contribution in [0, 0.1) is 5.82 Å². The number of halogens is 2. The van der Waals surface area contributed by atoms with E-state index in [0.29, 0.717) is 10.2 Å². The molecule has 16 heavy (non-hydrogen) atoms. The maximum atomic E-state index is 13.3. The van der Waals surface area contributed by atoms with Gasteiger partial charge in [0, 0.05) is 17.4 Å². The van der Waals surface area contributed by atoms with E-state index < -0.39 is 0 Å². The van der Waals surface area contributed by atoms with Gasteiger partial charge in [-0.15, -0.1) is 0 Å². The Morgan fingerprint density at radius 3 is 2.75 bits per heavy atom. The predicted octanol–water partition coefficient (Wildman–Crippen LogP) is 3.85. The Hall–Kier alpha value is -0.990. The van der Waals surface area contributed by atoms with Gasteiger partial charge < -0.3 is 5.09 Å². The number of benzene rings is 1. The second-order valence-electron chi connectivity index (χ2n) is 3.17. The van der Waals surface area contributed by atoms with Crippen LogP contribution in [0.15, 0.2) is 41.0 Å². The number of hydrogen-bond acceptors (Lipinski definition) is 2. The third-order valence-corrected chi connectivity index (χ3v) is 3.08. The van der Waals surface area contributed by atoms with E-state index in [4.69, 9.17) is 0 Å². The molecule has 2 aromatic rings. The molecule has 1 N–H and O–H groups in total. The zero-order valence-electron chi connectivity index (χ0n) is 8.24. The lowest BCUT2D eigenvalue weighted by Crippen LogP contribution is -1.91. The van der Waals surface area contributed by atoms with Crippen molar-refractivity contribution in [2.75, 3.05) is 5.09 Å². The average molecular weight is 299 g/mol. The molecule has 5 heteroatoms. The van der Waals surface area contributed by atoms with Crippen LogP contribution in [0.1, 0.15) is 0 Å². The first-order valence-electron chi connectivity index (χ1n) is 4.59. The highest BCUT2D eigenvalue weighted by Gasteiger charge is 2.09. The minimum Gasteiger partial charge on any atom is -0.369 e. The molecule has 2 nitrogen and oxygen atoms in total. The molecule has 1 aromatic carbocycles. The summed E-state index contributed by atoms with van der Waals surface area (Å²) < 4.78 is 13.8. The monoisotopic (exact) mass is 298 g/mol. The number of nitrogens with one attached hydrogen (secondary N) is 1. The summed E-state index contributed by atoms with van der Waals surface area (Å²) in [7, 11) is 2.36. The summed E-state index contributed by atoms with van der Waals surface area (Å²) >= 11 is 3.17. The van der Waals surface area contributed by atoms with Crippen molar-refractivity contribution >= 4 is 31.0 Å². The van der Waals surface area contributed by atoms with Crippen molar-refractivity contribution in [3.05, 3.63) is 46.8 Å². The normalized spacial score (nSPS) is 10.2. The summed E-state index contributed by atoms with van der Waals surface area (Å²) in [5.41, 5.74) is 2.33. The van der Waals surface area contributed by atoms with Gasteiger partial charge in [-0.05, 0) is 49.6 Å². The van der Waals surface area contributed by atoms with E-state index in [2.05, 4.69) is 35.4 Å². The second kappa shape index (κ2) is 4.89. The Morgan fingerprint density at radius 2 is 2.12 bits per heavy atom. The van der Waals surface area contributed by atoms with Crippen molar-refractivity contribution in [1.82, 2.24) is 4.98 Å². The lowest BCUT2D eigenvalue weighted by molar-refractivity contribution is 0.622. The van der Waals surface area contributed by atoms with E-state index in [1.165, 1.54) is 6.07 Å². The Balaban J connectivity index is 2.60. The number of pyridine rings is 1. The van der Waals surface area contributed by atoms with Gasteiger partial charge in [0.15, 0.2) is 0 Å². The molecular weight excluding hydrogens is 290 g/mol. The van der Waals surface area contributed by atoms with Crippen LogP contribution in [0.5, 0.6) is 0 Å². The summed E-state index contributed by atoms with van der Waals surface area (Å²) in [4.78, 5) is 4.24. The molecule has 0 amide bonds. The maximum Gasteiger partial charge on any atom is 0.139 e. The number of anilines is 1. The van der Waals surface area contributed by atoms with Crippen LogP contribution in [-0.2, 0) is 0 Å². The standard InChI is InChI=1S/C11H9BrFN2P/c12-8-5-7(10-3-1-2-4-14-10)11(15-16)6-9(8)13/h1-6,15H,16H2. The molecule has 0 saturated carbocycles. The van der Waals surface area contributed by atoms with Crippen LogP contribution in [0.4, 0.5) is 10.1 Å². The van der Waals surface area contributed by atoms with Gasteiger partial charge in [-0.3, -0.25) is 4.98 Å². The lowest BCUT2D eigenvalue weighted by Gasteiger charge is -2.09. The molecule has 0 spiro atoms. The average Bonchev–Trinajstić information content (AvgIpc) is 2.33. The molecule has 0 fully saturated rings. The van der Waals surface area contributed by atoms with Gasteiger partial charge >= 0.3 is 0 Å². The van der Waals surface area contributed by atoms with Gasteiger partial charge in [0.2, 0.25) is 0 Å². The molecule has 0 bridgehead atoms. The van der Waals surface area contributed by atoms with Crippen LogP contribution in [0.2, 0.25) is 0 Å². The molecule has 1 unspecified atom stereocenters. The number of nitrogens with zero attached hydrogens (tertiary/aromatic N) is 1. The van der Waals surface area contributed by atoms with E-state index in [1.54, 1.807) is 12.3 Å². The molecule has 0 aliphatic rings. The van der Waals surface area contributed by atoms with Crippen LogP contribution in [0.25, 0.3) is 11.3 Å². The Morgan fingerprint density at radius 1 is 1.31 bits per heavy atom. The molecule has 0 aliphatic carbocycles. The van der Waals surface area contributed by atoms with E-state index in [0.717, 1.165) is 11.3 Å². The van der Waals surface area contributed by atoms with E-state index in [9.17, 15) is 4.39 Å². The Labute approximate surface area is 104 Å². The fourth-order valence-corrected chi connectivity index (χ4v) is 1.98. The predicted molar refractivity (Wildman–Crippen MR) is 70.7 cm³/mol. The van der Waals surface area contributed by atoms with Crippen molar-refractivity contribution in [2.24, 2.45) is 0 Å². The largest absolute Gasteiger partial charge is 0.369 e. The number of rotatable bonds is 2. The molecular formula is C11H9BrFN2P. The van der Waals surface area contributed by atoms with Crippen molar-refractivity contribution in [2.45, 2.75) is 0 Å². The zero-order chi connectivity index (χ0) is 11.5. The highest BCUT2D eigenvalue weighted by atomic mass is 79.9. The molecule has 0 radical (unpaired) electrons. The van der Waals surface area contributed by atoms with Crippen molar-refractivity contribution in [3.63, 3.8) is 0 Å². The fraction of sp³-hybridized carbons (Fsp3) is 0. The molecule has 0 saturated heterocycles. The van der Waals surface area contributed by atoms with E-state index in [1.807, 2.05) is 18.2 Å². The third kappa shape index (κ3) is 2.23. The van der Waals surface area contributed by atoms with Crippen LogP contribution < -0.4 is 5.09 Å². The van der Waals surface area contributed by atoms with E-state index in [-0.39, 0.29) is 5.82 Å². The van der Waals surface area contributed by atoms with E-state index >= 15 is 0 Å². The van der Waals surface area contributed by atoms with Gasteiger partial charge in [0.05, 0.1) is 10.2 Å². The van der Waals surface area contributed by atoms with Crippen LogP contribution in [0.3, 0.4) is 0 Å². The highest BCUT2D eigenvalue weighted by Crippen LogP contribution is 2.32. The summed E-state index contributed by atoms with van der Waals surface area (Å²) in [6.45, 7) is 0. The first-order chi connectivity index (χ1) is 7.72. The van der Waals surface area contributed by atoms with Gasteiger partial charge in [-0.2, -0.15) is 0 Å². The van der Waals surface area contributed by atoms with Gasteiger partial charge in [-0.25, -0.2) is 4.39 Å². The van der Waals surface area contributed by atoms with Gasteiger partial charge in [-0.1, -0.05) is 6.07 Å². The summed E-state index contributed by atoms with van der Waals surface area (Å²) in [5, 5.41) is 2.88. The fourth-order valence-electron chi connectivity index (χ4n) is 1.40. The number of aromatic nitrogens is 1. The van der Waals surface area contributed by atoms with Crippen molar-refractivity contribution in [1.29, 1.82) is 0 Å². The van der Waals surface area contributed by atoms with Crippen molar-refractivity contribution in [3.8, 4) is 11.3 Å². The lowest BCUT2D eigenvalue weighted by atomic mass is 10.1. The molecule has 1 atom stereocenters. The first-order valence-corrected chi connectivity index (χ1v) is 5.96. The van der Waals surface area contributed by atoms with Gasteiger partial charge in [0.1, 0.15) is 5.82 Å².